The van der Waals surface area contributed by atoms with E-state index in [9.17, 15) is 0 Å². The number of rotatable bonds is 8. The van der Waals surface area contributed by atoms with Gasteiger partial charge in [0.2, 0.25) is 0 Å². The Balaban J connectivity index is 0.00000288. The van der Waals surface area contributed by atoms with Gasteiger partial charge in [-0.2, -0.15) is 5.10 Å². The Morgan fingerprint density at radius 2 is 2.00 bits per heavy atom. The van der Waals surface area contributed by atoms with Crippen molar-refractivity contribution in [2.24, 2.45) is 4.99 Å². The molecule has 0 aliphatic heterocycles. The lowest BCUT2D eigenvalue weighted by Crippen LogP contribution is -2.38. The summed E-state index contributed by atoms with van der Waals surface area (Å²) in [6.07, 6.45) is 5.77. The highest BCUT2D eigenvalue weighted by atomic mass is 127. The zero-order chi connectivity index (χ0) is 16.3. The first-order valence-electron chi connectivity index (χ1n) is 8.33. The molecule has 2 aromatic rings. The maximum atomic E-state index is 4.61. The van der Waals surface area contributed by atoms with Crippen molar-refractivity contribution < 1.29 is 0 Å². The molecule has 1 aromatic heterocycles. The fraction of sp³-hybridized carbons (Fsp3) is 0.444. The van der Waals surface area contributed by atoms with Crippen LogP contribution in [0.3, 0.4) is 0 Å². The number of benzene rings is 1. The number of hydrogen-bond donors (Lipinski definition) is 2. The van der Waals surface area contributed by atoms with Crippen molar-refractivity contribution in [2.45, 2.75) is 33.2 Å². The van der Waals surface area contributed by atoms with Crippen molar-refractivity contribution in [1.29, 1.82) is 0 Å². The second-order valence-corrected chi connectivity index (χ2v) is 5.55. The maximum Gasteiger partial charge on any atom is 0.191 e. The standard InChI is InChI=1S/C18H27N5.HI/c1-3-19-18(20-11-4-14-23-15-5-12-22-23)21-13-10-17-8-6-16(2)7-9-17;/h5-9,12,15H,3-4,10-11,13-14H2,1-2H3,(H2,19,20,21);1H. The first-order valence-corrected chi connectivity index (χ1v) is 8.33. The molecular formula is C18H28IN5. The molecule has 6 heteroatoms. The first kappa shape index (κ1) is 20.5. The molecule has 24 heavy (non-hydrogen) atoms. The van der Waals surface area contributed by atoms with Crippen LogP contribution in [0.25, 0.3) is 0 Å². The van der Waals surface area contributed by atoms with Crippen LogP contribution in [0.4, 0.5) is 0 Å². The van der Waals surface area contributed by atoms with E-state index in [1.807, 2.05) is 16.9 Å². The Morgan fingerprint density at radius 3 is 2.67 bits per heavy atom. The zero-order valence-electron chi connectivity index (χ0n) is 14.5. The van der Waals surface area contributed by atoms with Crippen molar-refractivity contribution >= 4 is 29.9 Å². The topological polar surface area (TPSA) is 54.2 Å². The van der Waals surface area contributed by atoms with Crippen molar-refractivity contribution in [3.63, 3.8) is 0 Å². The Hall–Kier alpha value is -1.57. The summed E-state index contributed by atoms with van der Waals surface area (Å²) in [6, 6.07) is 10.6. The molecule has 1 aromatic carbocycles. The van der Waals surface area contributed by atoms with Crippen molar-refractivity contribution in [3.05, 3.63) is 53.9 Å². The molecule has 0 amide bonds. The monoisotopic (exact) mass is 441 g/mol. The van der Waals surface area contributed by atoms with Gasteiger partial charge in [0.15, 0.2) is 5.96 Å². The van der Waals surface area contributed by atoms with Gasteiger partial charge in [-0.1, -0.05) is 29.8 Å². The fourth-order valence-electron chi connectivity index (χ4n) is 2.28. The molecule has 1 heterocycles. The predicted octanol–water partition coefficient (Wildman–Crippen LogP) is 3.00. The van der Waals surface area contributed by atoms with E-state index in [0.29, 0.717) is 0 Å². The van der Waals surface area contributed by atoms with E-state index in [4.69, 9.17) is 0 Å². The van der Waals surface area contributed by atoms with Gasteiger partial charge in [-0.3, -0.25) is 9.67 Å². The van der Waals surface area contributed by atoms with Crippen LogP contribution in [0.2, 0.25) is 0 Å². The van der Waals surface area contributed by atoms with E-state index in [0.717, 1.165) is 45.0 Å². The third-order valence-electron chi connectivity index (χ3n) is 3.55. The van der Waals surface area contributed by atoms with Crippen LogP contribution in [0, 0.1) is 6.92 Å². The van der Waals surface area contributed by atoms with Gasteiger partial charge in [-0.15, -0.1) is 24.0 Å². The molecular weight excluding hydrogens is 413 g/mol. The van der Waals surface area contributed by atoms with Gasteiger partial charge in [-0.05, 0) is 38.3 Å². The third kappa shape index (κ3) is 7.81. The number of aromatic nitrogens is 2. The van der Waals surface area contributed by atoms with Gasteiger partial charge < -0.3 is 10.6 Å². The second-order valence-electron chi connectivity index (χ2n) is 5.55. The molecule has 0 unspecified atom stereocenters. The highest BCUT2D eigenvalue weighted by Crippen LogP contribution is 2.03. The Labute approximate surface area is 162 Å². The van der Waals surface area contributed by atoms with Crippen LogP contribution in [0.1, 0.15) is 24.5 Å². The minimum Gasteiger partial charge on any atom is -0.357 e. The molecule has 0 saturated heterocycles. The van der Waals surface area contributed by atoms with Gasteiger partial charge in [0.1, 0.15) is 0 Å². The molecule has 0 aliphatic carbocycles. The lowest BCUT2D eigenvalue weighted by molar-refractivity contribution is 0.584. The molecule has 2 N–H and O–H groups in total. The summed E-state index contributed by atoms with van der Waals surface area (Å²) in [5.74, 6) is 0.889. The first-order chi connectivity index (χ1) is 11.3. The van der Waals surface area contributed by atoms with Gasteiger partial charge in [-0.25, -0.2) is 0 Å². The van der Waals surface area contributed by atoms with Crippen LogP contribution < -0.4 is 10.6 Å². The number of halogens is 1. The fourth-order valence-corrected chi connectivity index (χ4v) is 2.28. The van der Waals surface area contributed by atoms with Crippen LogP contribution in [-0.4, -0.2) is 35.4 Å². The highest BCUT2D eigenvalue weighted by Gasteiger charge is 1.98. The summed E-state index contributed by atoms with van der Waals surface area (Å²) in [7, 11) is 0. The average molecular weight is 441 g/mol. The van der Waals surface area contributed by atoms with Gasteiger partial charge >= 0.3 is 0 Å². The molecule has 0 radical (unpaired) electrons. The number of nitrogens with one attached hydrogen (secondary N) is 2. The third-order valence-corrected chi connectivity index (χ3v) is 3.55. The average Bonchev–Trinajstić information content (AvgIpc) is 3.07. The van der Waals surface area contributed by atoms with Gasteiger partial charge in [0, 0.05) is 38.6 Å². The maximum absolute atomic E-state index is 4.61. The molecule has 0 spiro atoms. The molecule has 0 saturated carbocycles. The normalized spacial score (nSPS) is 11.0. The van der Waals surface area contributed by atoms with Gasteiger partial charge in [0.05, 0.1) is 0 Å². The number of guanidine groups is 1. The molecule has 132 valence electrons. The largest absolute Gasteiger partial charge is 0.357 e. The van der Waals surface area contributed by atoms with Crippen molar-refractivity contribution in [1.82, 2.24) is 20.4 Å². The Bertz CT molecular complexity index is 578. The lowest BCUT2D eigenvalue weighted by Gasteiger charge is -2.11. The number of aryl methyl sites for hydroxylation is 2. The van der Waals surface area contributed by atoms with E-state index >= 15 is 0 Å². The summed E-state index contributed by atoms with van der Waals surface area (Å²) in [6.45, 7) is 7.64. The van der Waals surface area contributed by atoms with E-state index in [-0.39, 0.29) is 24.0 Å². The minimum atomic E-state index is 0. The quantitative estimate of drug-likeness (QED) is 0.287. The smallest absolute Gasteiger partial charge is 0.191 e. The number of hydrogen-bond acceptors (Lipinski definition) is 2. The van der Waals surface area contributed by atoms with Crippen LogP contribution in [-0.2, 0) is 13.0 Å². The lowest BCUT2D eigenvalue weighted by atomic mass is 10.1. The SMILES string of the molecule is CCNC(=NCCCn1cccn1)NCCc1ccc(C)cc1.I. The summed E-state index contributed by atoms with van der Waals surface area (Å²) in [5, 5.41) is 10.9. The Kier molecular flexibility index (Phi) is 10.1. The number of nitrogens with zero attached hydrogens (tertiary/aromatic N) is 3. The summed E-state index contributed by atoms with van der Waals surface area (Å²) < 4.78 is 1.94. The zero-order valence-corrected chi connectivity index (χ0v) is 16.9. The second kappa shape index (κ2) is 11.9. The summed E-state index contributed by atoms with van der Waals surface area (Å²) in [4.78, 5) is 4.61. The molecule has 0 fully saturated rings. The highest BCUT2D eigenvalue weighted by molar-refractivity contribution is 14.0. The molecule has 5 nitrogen and oxygen atoms in total. The van der Waals surface area contributed by atoms with Crippen molar-refractivity contribution in [2.75, 3.05) is 19.6 Å². The van der Waals surface area contributed by atoms with Crippen LogP contribution >= 0.6 is 24.0 Å². The van der Waals surface area contributed by atoms with E-state index < -0.39 is 0 Å². The summed E-state index contributed by atoms with van der Waals surface area (Å²) >= 11 is 0. The molecule has 0 bridgehead atoms. The van der Waals surface area contributed by atoms with Crippen LogP contribution in [0.15, 0.2) is 47.7 Å². The summed E-state index contributed by atoms with van der Waals surface area (Å²) in [5.41, 5.74) is 2.64. The van der Waals surface area contributed by atoms with E-state index in [1.165, 1.54) is 11.1 Å². The molecule has 0 atom stereocenters. The molecule has 2 rings (SSSR count). The van der Waals surface area contributed by atoms with Crippen LogP contribution in [0.5, 0.6) is 0 Å². The number of aliphatic imine (C=N–C) groups is 1. The van der Waals surface area contributed by atoms with E-state index in [2.05, 4.69) is 58.8 Å². The van der Waals surface area contributed by atoms with Gasteiger partial charge in [0.25, 0.3) is 0 Å². The minimum absolute atomic E-state index is 0. The molecule has 0 aliphatic rings. The van der Waals surface area contributed by atoms with Crippen molar-refractivity contribution in [3.8, 4) is 0 Å². The predicted molar refractivity (Wildman–Crippen MR) is 111 cm³/mol. The van der Waals surface area contributed by atoms with E-state index in [1.54, 1.807) is 6.20 Å². The Morgan fingerprint density at radius 1 is 1.21 bits per heavy atom.